The normalized spacial score (nSPS) is 16.5. The van der Waals surface area contributed by atoms with Crippen molar-refractivity contribution in [1.82, 2.24) is 14.8 Å². The number of aromatic nitrogens is 1. The Bertz CT molecular complexity index is 1090. The molecule has 0 saturated carbocycles. The molecule has 1 aliphatic heterocycles. The van der Waals surface area contributed by atoms with Crippen LogP contribution in [0, 0.1) is 5.82 Å². The fourth-order valence-electron chi connectivity index (χ4n) is 3.98. The maximum atomic E-state index is 13.5. The molecule has 2 amide bonds. The summed E-state index contributed by atoms with van der Waals surface area (Å²) in [6, 6.07) is 17.3. The van der Waals surface area contributed by atoms with Gasteiger partial charge in [0.25, 0.3) is 0 Å². The quantitative estimate of drug-likeness (QED) is 0.640. The average molecular weight is 417 g/mol. The van der Waals surface area contributed by atoms with Gasteiger partial charge in [-0.3, -0.25) is 14.6 Å². The minimum absolute atomic E-state index is 0.0717. The molecule has 1 atom stereocenters. The number of pyridine rings is 1. The van der Waals surface area contributed by atoms with E-state index in [1.807, 2.05) is 36.4 Å². The Labute approximate surface area is 181 Å². The minimum Gasteiger partial charge on any atom is -0.342 e. The van der Waals surface area contributed by atoms with Crippen LogP contribution in [0.25, 0.3) is 11.1 Å². The van der Waals surface area contributed by atoms with E-state index in [2.05, 4.69) is 4.98 Å². The van der Waals surface area contributed by atoms with Crippen LogP contribution in [0.15, 0.2) is 73.1 Å². The summed E-state index contributed by atoms with van der Waals surface area (Å²) in [7, 11) is 1.76. The third kappa shape index (κ3) is 4.79. The fourth-order valence-corrected chi connectivity index (χ4v) is 3.98. The number of carbonyl (C=O) groups is 2. The summed E-state index contributed by atoms with van der Waals surface area (Å²) in [5, 5.41) is 0. The van der Waals surface area contributed by atoms with Gasteiger partial charge in [0.05, 0.1) is 6.42 Å². The second kappa shape index (κ2) is 9.08. The highest BCUT2D eigenvalue weighted by atomic mass is 19.1. The highest BCUT2D eigenvalue weighted by molar-refractivity contribution is 5.89. The van der Waals surface area contributed by atoms with Gasteiger partial charge in [-0.05, 0) is 46.5 Å². The molecule has 3 aromatic rings. The average Bonchev–Trinajstić information content (AvgIpc) is 2.78. The van der Waals surface area contributed by atoms with Gasteiger partial charge in [-0.25, -0.2) is 4.39 Å². The van der Waals surface area contributed by atoms with Gasteiger partial charge in [0, 0.05) is 39.0 Å². The van der Waals surface area contributed by atoms with Crippen LogP contribution in [-0.2, 0) is 22.4 Å². The van der Waals surface area contributed by atoms with Crippen LogP contribution in [0.2, 0.25) is 0 Å². The summed E-state index contributed by atoms with van der Waals surface area (Å²) >= 11 is 0. The largest absolute Gasteiger partial charge is 0.342 e. The van der Waals surface area contributed by atoms with Crippen LogP contribution in [0.3, 0.4) is 0 Å². The molecule has 1 aliphatic rings. The van der Waals surface area contributed by atoms with Crippen molar-refractivity contribution in [2.24, 2.45) is 0 Å². The van der Waals surface area contributed by atoms with Crippen LogP contribution in [0.1, 0.15) is 11.1 Å². The molecule has 2 heterocycles. The first-order chi connectivity index (χ1) is 15.0. The predicted molar refractivity (Wildman–Crippen MR) is 117 cm³/mol. The van der Waals surface area contributed by atoms with Gasteiger partial charge < -0.3 is 9.80 Å². The van der Waals surface area contributed by atoms with Crippen molar-refractivity contribution in [3.8, 4) is 11.1 Å². The van der Waals surface area contributed by atoms with Crippen LogP contribution in [-0.4, -0.2) is 52.8 Å². The minimum atomic E-state index is -0.576. The summed E-state index contributed by atoms with van der Waals surface area (Å²) in [4.78, 5) is 33.4. The topological polar surface area (TPSA) is 53.5 Å². The predicted octanol–water partition coefficient (Wildman–Crippen LogP) is 3.34. The molecule has 1 aromatic heterocycles. The molecule has 5 nitrogen and oxygen atoms in total. The van der Waals surface area contributed by atoms with E-state index in [-0.39, 0.29) is 24.1 Å². The molecule has 4 rings (SSSR count). The van der Waals surface area contributed by atoms with Crippen molar-refractivity contribution >= 4 is 11.8 Å². The Hall–Kier alpha value is -3.54. The van der Waals surface area contributed by atoms with Gasteiger partial charge >= 0.3 is 0 Å². The second-order valence-electron chi connectivity index (χ2n) is 7.81. The second-order valence-corrected chi connectivity index (χ2v) is 7.81. The SMILES string of the molecule is CN1CCN(C(=O)Cc2cccc(F)c2)C(Cc2cccc(-c3ccncc3)c2)C1=O. The Morgan fingerprint density at radius 3 is 2.52 bits per heavy atom. The van der Waals surface area contributed by atoms with Gasteiger partial charge in [0.15, 0.2) is 0 Å². The first-order valence-electron chi connectivity index (χ1n) is 10.3. The number of rotatable bonds is 5. The third-order valence-corrected chi connectivity index (χ3v) is 5.65. The van der Waals surface area contributed by atoms with Crippen LogP contribution >= 0.6 is 0 Å². The van der Waals surface area contributed by atoms with Crippen molar-refractivity contribution < 1.29 is 14.0 Å². The number of hydrogen-bond acceptors (Lipinski definition) is 3. The van der Waals surface area contributed by atoms with Gasteiger partial charge in [-0.15, -0.1) is 0 Å². The molecular weight excluding hydrogens is 393 g/mol. The first kappa shape index (κ1) is 20.7. The molecule has 0 N–H and O–H groups in total. The summed E-state index contributed by atoms with van der Waals surface area (Å²) in [6.07, 6.45) is 3.99. The Kier molecular flexibility index (Phi) is 6.07. The molecule has 2 aromatic carbocycles. The zero-order valence-corrected chi connectivity index (χ0v) is 17.4. The zero-order valence-electron chi connectivity index (χ0n) is 17.4. The lowest BCUT2D eigenvalue weighted by Gasteiger charge is -2.39. The van der Waals surface area contributed by atoms with Crippen molar-refractivity contribution in [3.63, 3.8) is 0 Å². The van der Waals surface area contributed by atoms with E-state index in [0.29, 0.717) is 25.1 Å². The van der Waals surface area contributed by atoms with Gasteiger partial charge in [0.2, 0.25) is 11.8 Å². The van der Waals surface area contributed by atoms with E-state index in [0.717, 1.165) is 16.7 Å². The van der Waals surface area contributed by atoms with Gasteiger partial charge in [-0.2, -0.15) is 0 Å². The number of halogens is 1. The molecule has 1 fully saturated rings. The number of likely N-dealkylation sites (N-methyl/N-ethyl adjacent to an activating group) is 1. The smallest absolute Gasteiger partial charge is 0.245 e. The molecular formula is C25H24FN3O2. The summed E-state index contributed by atoms with van der Waals surface area (Å²) in [5.74, 6) is -0.611. The lowest BCUT2D eigenvalue weighted by Crippen LogP contribution is -2.58. The first-order valence-corrected chi connectivity index (χ1v) is 10.3. The molecule has 31 heavy (non-hydrogen) atoms. The van der Waals surface area contributed by atoms with Crippen molar-refractivity contribution in [2.45, 2.75) is 18.9 Å². The number of carbonyl (C=O) groups excluding carboxylic acids is 2. The van der Waals surface area contributed by atoms with Crippen LogP contribution in [0.4, 0.5) is 4.39 Å². The molecule has 6 heteroatoms. The summed E-state index contributed by atoms with van der Waals surface area (Å²) < 4.78 is 13.5. The van der Waals surface area contributed by atoms with Crippen molar-refractivity contribution in [2.75, 3.05) is 20.1 Å². The maximum absolute atomic E-state index is 13.5. The van der Waals surface area contributed by atoms with Crippen molar-refractivity contribution in [3.05, 3.63) is 90.0 Å². The number of nitrogens with zero attached hydrogens (tertiary/aromatic N) is 3. The summed E-state index contributed by atoms with van der Waals surface area (Å²) in [6.45, 7) is 0.951. The third-order valence-electron chi connectivity index (χ3n) is 5.65. The van der Waals surface area contributed by atoms with E-state index in [1.54, 1.807) is 41.4 Å². The Morgan fingerprint density at radius 1 is 1.00 bits per heavy atom. The zero-order chi connectivity index (χ0) is 21.8. The summed E-state index contributed by atoms with van der Waals surface area (Å²) in [5.41, 5.74) is 3.67. The van der Waals surface area contributed by atoms with E-state index in [4.69, 9.17) is 0 Å². The molecule has 0 radical (unpaired) electrons. The molecule has 0 aliphatic carbocycles. The molecule has 1 unspecified atom stereocenters. The number of piperazine rings is 1. The van der Waals surface area contributed by atoms with E-state index in [9.17, 15) is 14.0 Å². The van der Waals surface area contributed by atoms with Crippen molar-refractivity contribution in [1.29, 1.82) is 0 Å². The monoisotopic (exact) mass is 417 g/mol. The van der Waals surface area contributed by atoms with E-state index < -0.39 is 6.04 Å². The number of hydrogen-bond donors (Lipinski definition) is 0. The standard InChI is InChI=1S/C25H24FN3O2/c1-28-12-13-29(24(30)17-19-5-3-7-22(26)15-19)23(25(28)31)16-18-4-2-6-21(14-18)20-8-10-27-11-9-20/h2-11,14-15,23H,12-13,16-17H2,1H3. The number of amides is 2. The maximum Gasteiger partial charge on any atom is 0.245 e. The molecule has 1 saturated heterocycles. The lowest BCUT2D eigenvalue weighted by atomic mass is 9.97. The lowest BCUT2D eigenvalue weighted by molar-refractivity contribution is -0.149. The Balaban J connectivity index is 1.56. The number of benzene rings is 2. The highest BCUT2D eigenvalue weighted by Crippen LogP contribution is 2.23. The van der Waals surface area contributed by atoms with E-state index >= 15 is 0 Å². The van der Waals surface area contributed by atoms with Gasteiger partial charge in [-0.1, -0.05) is 36.4 Å². The van der Waals surface area contributed by atoms with Crippen LogP contribution < -0.4 is 0 Å². The fraction of sp³-hybridized carbons (Fsp3) is 0.240. The molecule has 0 bridgehead atoms. The highest BCUT2D eigenvalue weighted by Gasteiger charge is 2.35. The van der Waals surface area contributed by atoms with E-state index in [1.165, 1.54) is 12.1 Å². The van der Waals surface area contributed by atoms with Crippen LogP contribution in [0.5, 0.6) is 0 Å². The Morgan fingerprint density at radius 2 is 1.74 bits per heavy atom. The van der Waals surface area contributed by atoms with Gasteiger partial charge in [0.1, 0.15) is 11.9 Å². The molecule has 0 spiro atoms. The molecule has 158 valence electrons.